The maximum Gasteiger partial charge on any atom is 0.0755 e. The van der Waals surface area contributed by atoms with E-state index in [1.165, 1.54) is 103 Å². The highest BCUT2D eigenvalue weighted by molar-refractivity contribution is 4.61. The summed E-state index contributed by atoms with van der Waals surface area (Å²) in [6.45, 7) is 11.9. The number of rotatable bonds is 16. The van der Waals surface area contributed by atoms with Crippen molar-refractivity contribution in [3.8, 4) is 0 Å². The van der Waals surface area contributed by atoms with Crippen molar-refractivity contribution in [1.29, 1.82) is 0 Å². The molecule has 0 fully saturated rings. The van der Waals surface area contributed by atoms with E-state index in [2.05, 4.69) is 33.0 Å². The molecular formula is C21H46ClN. The van der Waals surface area contributed by atoms with Crippen LogP contribution in [0, 0.1) is 5.41 Å². The summed E-state index contributed by atoms with van der Waals surface area (Å²) >= 11 is 0. The molecule has 0 aliphatic heterocycles. The normalized spacial score (nSPS) is 11.5. The molecule has 23 heavy (non-hydrogen) atoms. The van der Waals surface area contributed by atoms with Gasteiger partial charge in [0.1, 0.15) is 0 Å². The standard InChI is InChI=1S/C21H45N.ClH/c1-5-22-20-18-16-14-12-10-8-6-7-9-11-13-15-17-19-21(2,3)4;/h22H,5-20H2,1-4H3;1H. The van der Waals surface area contributed by atoms with Crippen LogP contribution >= 0.6 is 0 Å². The molecule has 2 heteroatoms. The molecule has 0 aromatic rings. The van der Waals surface area contributed by atoms with E-state index in [0.29, 0.717) is 5.41 Å². The third kappa shape index (κ3) is 24.6. The van der Waals surface area contributed by atoms with Gasteiger partial charge >= 0.3 is 0 Å². The zero-order chi connectivity index (χ0) is 16.5. The van der Waals surface area contributed by atoms with Crippen LogP contribution < -0.4 is 17.7 Å². The molecule has 2 N–H and O–H groups in total. The van der Waals surface area contributed by atoms with Gasteiger partial charge in [0.05, 0.1) is 13.1 Å². The lowest BCUT2D eigenvalue weighted by atomic mass is 9.89. The average molecular weight is 348 g/mol. The maximum absolute atomic E-state index is 2.42. The molecule has 0 bridgehead atoms. The summed E-state index contributed by atoms with van der Waals surface area (Å²) in [5.41, 5.74) is 0.536. The molecule has 0 spiro atoms. The van der Waals surface area contributed by atoms with Crippen molar-refractivity contribution in [2.24, 2.45) is 5.41 Å². The van der Waals surface area contributed by atoms with Crippen molar-refractivity contribution >= 4 is 0 Å². The summed E-state index contributed by atoms with van der Waals surface area (Å²) < 4.78 is 0. The Balaban J connectivity index is 0. The monoisotopic (exact) mass is 347 g/mol. The molecule has 1 nitrogen and oxygen atoms in total. The Morgan fingerprint density at radius 1 is 0.565 bits per heavy atom. The van der Waals surface area contributed by atoms with Crippen molar-refractivity contribution in [3.05, 3.63) is 0 Å². The van der Waals surface area contributed by atoms with Crippen molar-refractivity contribution < 1.29 is 17.7 Å². The molecule has 0 radical (unpaired) electrons. The highest BCUT2D eigenvalue weighted by Gasteiger charge is 2.08. The van der Waals surface area contributed by atoms with Gasteiger partial charge in [0.25, 0.3) is 0 Å². The van der Waals surface area contributed by atoms with Gasteiger partial charge in [-0.1, -0.05) is 91.4 Å². The first kappa shape index (κ1) is 25.5. The molecule has 0 aliphatic rings. The van der Waals surface area contributed by atoms with Crippen LogP contribution in [0.5, 0.6) is 0 Å². The van der Waals surface area contributed by atoms with Crippen LogP contribution in [-0.4, -0.2) is 13.1 Å². The maximum atomic E-state index is 2.42. The van der Waals surface area contributed by atoms with E-state index in [9.17, 15) is 0 Å². The molecule has 0 amide bonds. The van der Waals surface area contributed by atoms with Crippen molar-refractivity contribution in [3.63, 3.8) is 0 Å². The fourth-order valence-electron chi connectivity index (χ4n) is 3.09. The minimum Gasteiger partial charge on any atom is -1.00 e. The number of halogens is 1. The first-order valence-electron chi connectivity index (χ1n) is 10.4. The average Bonchev–Trinajstić information content (AvgIpc) is 2.45. The number of hydrogen-bond donors (Lipinski definition) is 1. The predicted molar refractivity (Wildman–Crippen MR) is 101 cm³/mol. The molecule has 0 heterocycles. The van der Waals surface area contributed by atoms with Gasteiger partial charge in [0.2, 0.25) is 0 Å². The van der Waals surface area contributed by atoms with E-state index >= 15 is 0 Å². The van der Waals surface area contributed by atoms with Crippen LogP contribution in [0.2, 0.25) is 0 Å². The van der Waals surface area contributed by atoms with Crippen LogP contribution in [0.1, 0.15) is 118 Å². The molecule has 0 rings (SSSR count). The lowest BCUT2D eigenvalue weighted by Gasteiger charge is -2.17. The van der Waals surface area contributed by atoms with Gasteiger partial charge in [-0.15, -0.1) is 0 Å². The minimum atomic E-state index is 0. The van der Waals surface area contributed by atoms with E-state index < -0.39 is 0 Å². The molecule has 0 aromatic carbocycles. The third-order valence-corrected chi connectivity index (χ3v) is 4.62. The second-order valence-electron chi connectivity index (χ2n) is 8.39. The quantitative estimate of drug-likeness (QED) is 0.413. The first-order valence-corrected chi connectivity index (χ1v) is 10.4. The zero-order valence-corrected chi connectivity index (χ0v) is 17.5. The lowest BCUT2D eigenvalue weighted by Crippen LogP contribution is -3.00. The first-order chi connectivity index (χ1) is 10.6. The Morgan fingerprint density at radius 2 is 0.913 bits per heavy atom. The molecule has 0 aromatic heterocycles. The number of nitrogens with two attached hydrogens (primary N) is 1. The second-order valence-corrected chi connectivity index (χ2v) is 8.39. The Kier molecular flexibility index (Phi) is 20.6. The summed E-state index contributed by atoms with van der Waals surface area (Å²) in [6, 6.07) is 0. The Labute approximate surface area is 154 Å². The van der Waals surface area contributed by atoms with Crippen LogP contribution in [-0.2, 0) is 0 Å². The van der Waals surface area contributed by atoms with E-state index in [4.69, 9.17) is 0 Å². The van der Waals surface area contributed by atoms with Gasteiger partial charge in [0, 0.05) is 0 Å². The van der Waals surface area contributed by atoms with Gasteiger partial charge < -0.3 is 17.7 Å². The van der Waals surface area contributed by atoms with E-state index in [0.717, 1.165) is 0 Å². The SMILES string of the molecule is CC[NH2+]CCCCCCCCCCCCCCCC(C)(C)C.[Cl-]. The smallest absolute Gasteiger partial charge is 0.0755 e. The third-order valence-electron chi connectivity index (χ3n) is 4.62. The number of hydrogen-bond acceptors (Lipinski definition) is 0. The van der Waals surface area contributed by atoms with Gasteiger partial charge in [0.15, 0.2) is 0 Å². The molecule has 0 saturated carbocycles. The second kappa shape index (κ2) is 18.6. The largest absolute Gasteiger partial charge is 1.00 e. The van der Waals surface area contributed by atoms with Crippen LogP contribution in [0.25, 0.3) is 0 Å². The number of quaternary nitrogens is 1. The van der Waals surface area contributed by atoms with E-state index in [-0.39, 0.29) is 12.4 Å². The summed E-state index contributed by atoms with van der Waals surface area (Å²) in [6.07, 6.45) is 20.4. The van der Waals surface area contributed by atoms with Crippen LogP contribution in [0.4, 0.5) is 0 Å². The minimum absolute atomic E-state index is 0. The molecule has 0 unspecified atom stereocenters. The van der Waals surface area contributed by atoms with Crippen molar-refractivity contribution in [2.45, 2.75) is 118 Å². The highest BCUT2D eigenvalue weighted by Crippen LogP contribution is 2.22. The van der Waals surface area contributed by atoms with Gasteiger partial charge in [-0.05, 0) is 31.6 Å². The predicted octanol–water partition coefficient (Wildman–Crippen LogP) is 3.08. The fraction of sp³-hybridized carbons (Fsp3) is 1.00. The topological polar surface area (TPSA) is 16.6 Å². The Morgan fingerprint density at radius 3 is 1.26 bits per heavy atom. The molecular weight excluding hydrogens is 302 g/mol. The summed E-state index contributed by atoms with van der Waals surface area (Å²) in [7, 11) is 0. The molecule has 142 valence electrons. The Bertz CT molecular complexity index is 210. The van der Waals surface area contributed by atoms with Crippen LogP contribution in [0.3, 0.4) is 0 Å². The van der Waals surface area contributed by atoms with Gasteiger partial charge in [-0.25, -0.2) is 0 Å². The molecule has 0 aliphatic carbocycles. The van der Waals surface area contributed by atoms with Gasteiger partial charge in [-0.2, -0.15) is 0 Å². The van der Waals surface area contributed by atoms with E-state index in [1.807, 2.05) is 0 Å². The highest BCUT2D eigenvalue weighted by atomic mass is 35.5. The van der Waals surface area contributed by atoms with Crippen molar-refractivity contribution in [1.82, 2.24) is 0 Å². The van der Waals surface area contributed by atoms with Gasteiger partial charge in [-0.3, -0.25) is 0 Å². The van der Waals surface area contributed by atoms with E-state index in [1.54, 1.807) is 0 Å². The zero-order valence-electron chi connectivity index (χ0n) is 16.8. The summed E-state index contributed by atoms with van der Waals surface area (Å²) in [4.78, 5) is 0. The fourth-order valence-corrected chi connectivity index (χ4v) is 3.09. The van der Waals surface area contributed by atoms with Crippen LogP contribution in [0.15, 0.2) is 0 Å². The molecule has 0 saturated heterocycles. The van der Waals surface area contributed by atoms with Crippen molar-refractivity contribution in [2.75, 3.05) is 13.1 Å². The summed E-state index contributed by atoms with van der Waals surface area (Å²) in [5.74, 6) is 0. The Hall–Kier alpha value is 0.250. The summed E-state index contributed by atoms with van der Waals surface area (Å²) in [5, 5.41) is 2.42. The lowest BCUT2D eigenvalue weighted by molar-refractivity contribution is -0.652. The number of unbranched alkanes of at least 4 members (excludes halogenated alkanes) is 12. The molecule has 0 atom stereocenters.